The quantitative estimate of drug-likeness (QED) is 0.594. The fourth-order valence-corrected chi connectivity index (χ4v) is 3.79. The average Bonchev–Trinajstić information content (AvgIpc) is 2.74. The predicted molar refractivity (Wildman–Crippen MR) is 123 cm³/mol. The van der Waals surface area contributed by atoms with Crippen molar-refractivity contribution in [1.82, 2.24) is 15.6 Å². The largest absolute Gasteiger partial charge is 0.357 e. The van der Waals surface area contributed by atoms with Gasteiger partial charge in [-0.05, 0) is 61.1 Å². The number of hydrogen-bond acceptors (Lipinski definition) is 4. The van der Waals surface area contributed by atoms with E-state index < -0.39 is 6.03 Å². The standard InChI is InChI=1S/C22H28BrN5O2/c1-15-7-9-28(10-8-15)20-6-3-17(12-24-20)13-25-22(30)26-14-21(29)27-19-5-4-18(23)11-16(19)2/h3-6,11-12,15H,7-10,13-14H2,1-2H3,(H,27,29)(H2,25,26,30). The number of aryl methyl sites for hydroxylation is 1. The Labute approximate surface area is 185 Å². The first-order valence-corrected chi connectivity index (χ1v) is 11.0. The van der Waals surface area contributed by atoms with Gasteiger partial charge in [0, 0.05) is 36.0 Å². The van der Waals surface area contributed by atoms with Gasteiger partial charge in [0.2, 0.25) is 5.91 Å². The fourth-order valence-electron chi connectivity index (χ4n) is 3.31. The summed E-state index contributed by atoms with van der Waals surface area (Å²) in [5.41, 5.74) is 2.58. The number of carbonyl (C=O) groups excluding carboxylic acids is 2. The molecule has 2 aromatic rings. The minimum Gasteiger partial charge on any atom is -0.357 e. The number of hydrogen-bond donors (Lipinski definition) is 3. The Hall–Kier alpha value is -2.61. The van der Waals surface area contributed by atoms with Crippen molar-refractivity contribution in [1.29, 1.82) is 0 Å². The molecule has 0 saturated carbocycles. The average molecular weight is 474 g/mol. The van der Waals surface area contributed by atoms with E-state index in [2.05, 4.69) is 48.7 Å². The number of anilines is 2. The third-order valence-electron chi connectivity index (χ3n) is 5.24. The molecule has 1 aliphatic heterocycles. The molecule has 0 radical (unpaired) electrons. The zero-order valence-electron chi connectivity index (χ0n) is 17.4. The minimum absolute atomic E-state index is 0.105. The summed E-state index contributed by atoms with van der Waals surface area (Å²) < 4.78 is 0.948. The number of pyridine rings is 1. The van der Waals surface area contributed by atoms with Crippen LogP contribution in [0.1, 0.15) is 30.9 Å². The lowest BCUT2D eigenvalue weighted by Crippen LogP contribution is -2.39. The maximum absolute atomic E-state index is 12.1. The van der Waals surface area contributed by atoms with Crippen LogP contribution in [0.5, 0.6) is 0 Å². The van der Waals surface area contributed by atoms with Gasteiger partial charge in [0.15, 0.2) is 0 Å². The van der Waals surface area contributed by atoms with Gasteiger partial charge >= 0.3 is 6.03 Å². The van der Waals surface area contributed by atoms with Crippen LogP contribution in [0, 0.1) is 12.8 Å². The number of nitrogens with one attached hydrogen (secondary N) is 3. The topological polar surface area (TPSA) is 86.4 Å². The van der Waals surface area contributed by atoms with E-state index in [-0.39, 0.29) is 12.5 Å². The van der Waals surface area contributed by atoms with E-state index in [0.29, 0.717) is 6.54 Å². The molecule has 1 saturated heterocycles. The zero-order chi connectivity index (χ0) is 21.5. The van der Waals surface area contributed by atoms with Crippen LogP contribution in [-0.4, -0.2) is 36.6 Å². The van der Waals surface area contributed by atoms with Gasteiger partial charge < -0.3 is 20.9 Å². The molecule has 1 aromatic heterocycles. The third kappa shape index (κ3) is 6.45. The molecule has 0 aliphatic carbocycles. The molecule has 3 rings (SSSR count). The Morgan fingerprint density at radius 2 is 1.93 bits per heavy atom. The first-order valence-electron chi connectivity index (χ1n) is 10.2. The molecule has 3 N–H and O–H groups in total. The summed E-state index contributed by atoms with van der Waals surface area (Å²) in [6, 6.07) is 9.17. The molecule has 0 atom stereocenters. The predicted octanol–water partition coefficient (Wildman–Crippen LogP) is 3.83. The van der Waals surface area contributed by atoms with Crippen molar-refractivity contribution in [2.24, 2.45) is 5.92 Å². The van der Waals surface area contributed by atoms with Gasteiger partial charge in [-0.1, -0.05) is 28.9 Å². The van der Waals surface area contributed by atoms with Crippen LogP contribution in [0.3, 0.4) is 0 Å². The fraction of sp³-hybridized carbons (Fsp3) is 0.409. The zero-order valence-corrected chi connectivity index (χ0v) is 19.0. The SMILES string of the molecule is Cc1cc(Br)ccc1NC(=O)CNC(=O)NCc1ccc(N2CCC(C)CC2)nc1. The smallest absolute Gasteiger partial charge is 0.315 e. The van der Waals surface area contributed by atoms with Crippen molar-refractivity contribution in [2.75, 3.05) is 29.9 Å². The second kappa shape index (κ2) is 10.4. The first-order chi connectivity index (χ1) is 14.4. The molecule has 30 heavy (non-hydrogen) atoms. The van der Waals surface area contributed by atoms with Crippen LogP contribution in [0.4, 0.5) is 16.3 Å². The normalized spacial score (nSPS) is 14.3. The van der Waals surface area contributed by atoms with Crippen molar-refractivity contribution < 1.29 is 9.59 Å². The van der Waals surface area contributed by atoms with Crippen molar-refractivity contribution >= 4 is 39.4 Å². The Morgan fingerprint density at radius 1 is 1.17 bits per heavy atom. The lowest BCUT2D eigenvalue weighted by Gasteiger charge is -2.31. The highest BCUT2D eigenvalue weighted by Crippen LogP contribution is 2.21. The molecule has 0 spiro atoms. The van der Waals surface area contributed by atoms with Gasteiger partial charge in [0.25, 0.3) is 0 Å². The molecule has 0 bridgehead atoms. The van der Waals surface area contributed by atoms with Crippen molar-refractivity contribution in [2.45, 2.75) is 33.2 Å². The summed E-state index contributed by atoms with van der Waals surface area (Å²) in [5, 5.41) is 8.11. The third-order valence-corrected chi connectivity index (χ3v) is 5.74. The molecular formula is C22H28BrN5O2. The molecule has 3 amide bonds. The Bertz CT molecular complexity index is 880. The summed E-state index contributed by atoms with van der Waals surface area (Å²) in [7, 11) is 0. The van der Waals surface area contributed by atoms with Gasteiger partial charge in [-0.15, -0.1) is 0 Å². The van der Waals surface area contributed by atoms with Crippen molar-refractivity contribution in [3.63, 3.8) is 0 Å². The Balaban J connectivity index is 1.39. The number of carbonyl (C=O) groups is 2. The van der Waals surface area contributed by atoms with Gasteiger partial charge in [-0.25, -0.2) is 9.78 Å². The molecular weight excluding hydrogens is 446 g/mol. The number of urea groups is 1. The lowest BCUT2D eigenvalue weighted by atomic mass is 9.99. The summed E-state index contributed by atoms with van der Waals surface area (Å²) in [6.45, 7) is 6.52. The van der Waals surface area contributed by atoms with Gasteiger partial charge in [-0.2, -0.15) is 0 Å². The van der Waals surface area contributed by atoms with Crippen LogP contribution in [-0.2, 0) is 11.3 Å². The maximum atomic E-state index is 12.1. The van der Waals surface area contributed by atoms with E-state index in [9.17, 15) is 9.59 Å². The molecule has 1 aliphatic rings. The number of benzene rings is 1. The summed E-state index contributed by atoms with van der Waals surface area (Å²) >= 11 is 3.39. The second-order valence-electron chi connectivity index (χ2n) is 7.74. The van der Waals surface area contributed by atoms with E-state index in [0.717, 1.165) is 46.1 Å². The minimum atomic E-state index is -0.397. The maximum Gasteiger partial charge on any atom is 0.315 e. The molecule has 160 valence electrons. The van der Waals surface area contributed by atoms with Gasteiger partial charge in [0.1, 0.15) is 5.82 Å². The monoisotopic (exact) mass is 473 g/mol. The van der Waals surface area contributed by atoms with Crippen LogP contribution in [0.2, 0.25) is 0 Å². The molecule has 1 aromatic carbocycles. The highest BCUT2D eigenvalue weighted by molar-refractivity contribution is 9.10. The van der Waals surface area contributed by atoms with Crippen molar-refractivity contribution in [3.8, 4) is 0 Å². The van der Waals surface area contributed by atoms with Crippen LogP contribution in [0.25, 0.3) is 0 Å². The Kier molecular flexibility index (Phi) is 7.68. The highest BCUT2D eigenvalue weighted by Gasteiger charge is 2.16. The van der Waals surface area contributed by atoms with E-state index in [1.807, 2.05) is 37.3 Å². The van der Waals surface area contributed by atoms with Gasteiger partial charge in [0.05, 0.1) is 6.54 Å². The van der Waals surface area contributed by atoms with Crippen molar-refractivity contribution in [3.05, 3.63) is 52.1 Å². The highest BCUT2D eigenvalue weighted by atomic mass is 79.9. The van der Waals surface area contributed by atoms with E-state index in [1.165, 1.54) is 12.8 Å². The first kappa shape index (κ1) is 22.1. The number of halogens is 1. The molecule has 7 nitrogen and oxygen atoms in total. The summed E-state index contributed by atoms with van der Waals surface area (Å²) in [6.07, 6.45) is 4.18. The number of amides is 3. The molecule has 2 heterocycles. The van der Waals surface area contributed by atoms with E-state index in [4.69, 9.17) is 0 Å². The number of rotatable bonds is 6. The lowest BCUT2D eigenvalue weighted by molar-refractivity contribution is -0.115. The molecule has 1 fully saturated rings. The number of aromatic nitrogens is 1. The number of nitrogens with zero attached hydrogens (tertiary/aromatic N) is 2. The van der Waals surface area contributed by atoms with Crippen LogP contribution < -0.4 is 20.9 Å². The molecule has 0 unspecified atom stereocenters. The summed E-state index contributed by atoms with van der Waals surface area (Å²) in [5.74, 6) is 1.48. The Morgan fingerprint density at radius 3 is 2.60 bits per heavy atom. The number of piperidine rings is 1. The molecule has 8 heteroatoms. The van der Waals surface area contributed by atoms with E-state index in [1.54, 1.807) is 6.20 Å². The summed E-state index contributed by atoms with van der Waals surface area (Å²) in [4.78, 5) is 30.9. The van der Waals surface area contributed by atoms with Crippen LogP contribution in [0.15, 0.2) is 41.0 Å². The second-order valence-corrected chi connectivity index (χ2v) is 8.65. The van der Waals surface area contributed by atoms with Crippen LogP contribution >= 0.6 is 15.9 Å². The van der Waals surface area contributed by atoms with Gasteiger partial charge in [-0.3, -0.25) is 4.79 Å². The van der Waals surface area contributed by atoms with E-state index >= 15 is 0 Å².